The van der Waals surface area contributed by atoms with E-state index in [2.05, 4.69) is 25.1 Å². The van der Waals surface area contributed by atoms with Gasteiger partial charge in [-0.1, -0.05) is 11.6 Å². The molecule has 10 nitrogen and oxygen atoms in total. The molecule has 1 atom stereocenters. The van der Waals surface area contributed by atoms with Crippen molar-refractivity contribution in [3.63, 3.8) is 0 Å². The molecule has 0 spiro atoms. The van der Waals surface area contributed by atoms with Gasteiger partial charge in [0.25, 0.3) is 0 Å². The molecule has 12 heteroatoms. The summed E-state index contributed by atoms with van der Waals surface area (Å²) in [4.78, 5) is 11.5. The molecule has 0 aliphatic heterocycles. The molecule has 170 valence electrons. The number of nitrogens with zero attached hydrogens (tertiary/aromatic N) is 7. The Bertz CT molecular complexity index is 1410. The lowest BCUT2D eigenvalue weighted by atomic mass is 10.2. The largest absolute Gasteiger partial charge is 0.495 e. The minimum atomic E-state index is -0.587. The SMILES string of the molecule is COC[C@H](c1nnc(-c2c(-n3ccnc3)c3cc(OC)c(Cl)c(F)c3n2C)[nH]1)n1ccnc1. The van der Waals surface area contributed by atoms with Gasteiger partial charge in [-0.15, -0.1) is 10.2 Å². The Labute approximate surface area is 192 Å². The van der Waals surface area contributed by atoms with Crippen LogP contribution in [0.1, 0.15) is 11.9 Å². The van der Waals surface area contributed by atoms with E-state index in [9.17, 15) is 0 Å². The molecule has 1 N–H and O–H groups in total. The third-order valence-electron chi connectivity index (χ3n) is 5.53. The number of hydrogen-bond donors (Lipinski definition) is 1. The molecule has 0 amide bonds. The Kier molecular flexibility index (Phi) is 5.35. The number of nitrogens with one attached hydrogen (secondary N) is 1. The molecule has 0 unspecified atom stereocenters. The van der Waals surface area contributed by atoms with Crippen molar-refractivity contribution in [2.24, 2.45) is 7.05 Å². The quantitative estimate of drug-likeness (QED) is 0.391. The molecule has 0 bridgehead atoms. The smallest absolute Gasteiger partial charge is 0.180 e. The Morgan fingerprint density at radius 1 is 1.15 bits per heavy atom. The molecule has 4 heterocycles. The van der Waals surface area contributed by atoms with Crippen LogP contribution in [0.5, 0.6) is 5.75 Å². The van der Waals surface area contributed by atoms with Gasteiger partial charge >= 0.3 is 0 Å². The first kappa shape index (κ1) is 21.2. The van der Waals surface area contributed by atoms with Crippen LogP contribution in [0.2, 0.25) is 5.02 Å². The van der Waals surface area contributed by atoms with Gasteiger partial charge in [0, 0.05) is 44.3 Å². The third kappa shape index (κ3) is 3.36. The number of methoxy groups -OCH3 is 2. The Morgan fingerprint density at radius 2 is 1.94 bits per heavy atom. The van der Waals surface area contributed by atoms with Crippen LogP contribution in [0.4, 0.5) is 4.39 Å². The summed E-state index contributed by atoms with van der Waals surface area (Å²) in [6.45, 7) is 0.357. The molecular weight excluding hydrogens is 451 g/mol. The first-order chi connectivity index (χ1) is 16.0. The number of hydrogen-bond acceptors (Lipinski definition) is 6. The summed E-state index contributed by atoms with van der Waals surface area (Å²) < 4.78 is 31.4. The summed E-state index contributed by atoms with van der Waals surface area (Å²) in [7, 11) is 4.80. The Balaban J connectivity index is 1.75. The van der Waals surface area contributed by atoms with E-state index in [1.54, 1.807) is 60.6 Å². The van der Waals surface area contributed by atoms with Crippen molar-refractivity contribution in [1.29, 1.82) is 0 Å². The molecule has 4 aromatic heterocycles. The van der Waals surface area contributed by atoms with Gasteiger partial charge in [0.2, 0.25) is 0 Å². The van der Waals surface area contributed by atoms with Gasteiger partial charge in [-0.3, -0.25) is 0 Å². The minimum absolute atomic E-state index is 0.0899. The van der Waals surface area contributed by atoms with Gasteiger partial charge in [-0.2, -0.15) is 0 Å². The average molecular weight is 471 g/mol. The van der Waals surface area contributed by atoms with E-state index in [4.69, 9.17) is 21.1 Å². The lowest BCUT2D eigenvalue weighted by molar-refractivity contribution is 0.166. The molecular formula is C21H20ClFN8O2. The van der Waals surface area contributed by atoms with Crippen LogP contribution in [-0.2, 0) is 11.8 Å². The normalized spacial score (nSPS) is 12.5. The van der Waals surface area contributed by atoms with Crippen molar-refractivity contribution < 1.29 is 13.9 Å². The minimum Gasteiger partial charge on any atom is -0.495 e. The summed E-state index contributed by atoms with van der Waals surface area (Å²) in [5.74, 6) is 0.668. The van der Waals surface area contributed by atoms with Gasteiger partial charge in [0.05, 0.1) is 37.6 Å². The number of aromatic amines is 1. The molecule has 0 fully saturated rings. The highest BCUT2D eigenvalue weighted by atomic mass is 35.5. The fraction of sp³-hybridized carbons (Fsp3) is 0.238. The number of aryl methyl sites for hydroxylation is 1. The predicted octanol–water partition coefficient (Wildman–Crippen LogP) is 3.38. The van der Waals surface area contributed by atoms with Gasteiger partial charge in [0.15, 0.2) is 17.5 Å². The van der Waals surface area contributed by atoms with Crippen LogP contribution in [0.25, 0.3) is 28.1 Å². The highest BCUT2D eigenvalue weighted by Crippen LogP contribution is 2.41. The lowest BCUT2D eigenvalue weighted by Crippen LogP contribution is -2.16. The number of imidazole rings is 2. The highest BCUT2D eigenvalue weighted by molar-refractivity contribution is 6.33. The molecule has 0 saturated heterocycles. The maximum atomic E-state index is 15.3. The van der Waals surface area contributed by atoms with E-state index in [-0.39, 0.29) is 16.8 Å². The van der Waals surface area contributed by atoms with Crippen LogP contribution in [0, 0.1) is 5.82 Å². The maximum Gasteiger partial charge on any atom is 0.180 e. The average Bonchev–Trinajstić information content (AvgIpc) is 3.61. The summed E-state index contributed by atoms with van der Waals surface area (Å²) in [5, 5.41) is 9.24. The van der Waals surface area contributed by atoms with Crippen molar-refractivity contribution in [3.8, 4) is 23.0 Å². The van der Waals surface area contributed by atoms with Crippen molar-refractivity contribution >= 4 is 22.5 Å². The number of H-pyrrole nitrogens is 1. The van der Waals surface area contributed by atoms with Crippen molar-refractivity contribution in [2.45, 2.75) is 6.04 Å². The molecule has 5 aromatic rings. The summed E-state index contributed by atoms with van der Waals surface area (Å²) in [6, 6.07) is 1.44. The van der Waals surface area contributed by atoms with Crippen molar-refractivity contribution in [1.82, 2.24) is 38.9 Å². The Morgan fingerprint density at radius 3 is 2.61 bits per heavy atom. The van der Waals surface area contributed by atoms with Gasteiger partial charge in [0.1, 0.15) is 22.5 Å². The fourth-order valence-corrected chi connectivity index (χ4v) is 4.24. The molecule has 0 aliphatic rings. The van der Waals surface area contributed by atoms with E-state index in [0.717, 1.165) is 0 Å². The summed E-state index contributed by atoms with van der Waals surface area (Å²) in [6.07, 6.45) is 10.2. The van der Waals surface area contributed by atoms with Crippen LogP contribution >= 0.6 is 11.6 Å². The number of halogens is 2. The van der Waals surface area contributed by atoms with E-state index in [1.807, 2.05) is 10.8 Å². The van der Waals surface area contributed by atoms with Gasteiger partial charge < -0.3 is 28.2 Å². The topological polar surface area (TPSA) is 101 Å². The number of ether oxygens (including phenoxy) is 2. The number of fused-ring (bicyclic) bond motifs is 1. The maximum absolute atomic E-state index is 15.3. The fourth-order valence-electron chi connectivity index (χ4n) is 4.02. The molecule has 5 rings (SSSR count). The molecule has 0 aliphatic carbocycles. The number of aromatic nitrogens is 8. The molecule has 1 aromatic carbocycles. The van der Waals surface area contributed by atoms with E-state index in [1.165, 1.54) is 7.11 Å². The summed E-state index contributed by atoms with van der Waals surface area (Å²) >= 11 is 6.22. The number of benzene rings is 1. The second kappa shape index (κ2) is 8.34. The third-order valence-corrected chi connectivity index (χ3v) is 5.89. The highest BCUT2D eigenvalue weighted by Gasteiger charge is 2.27. The second-order valence-electron chi connectivity index (χ2n) is 7.37. The van der Waals surface area contributed by atoms with E-state index < -0.39 is 5.82 Å². The first-order valence-corrected chi connectivity index (χ1v) is 10.3. The second-order valence-corrected chi connectivity index (χ2v) is 7.75. The molecule has 0 radical (unpaired) electrons. The number of rotatable bonds is 7. The van der Waals surface area contributed by atoms with Gasteiger partial charge in [-0.05, 0) is 6.07 Å². The van der Waals surface area contributed by atoms with Crippen molar-refractivity contribution in [2.75, 3.05) is 20.8 Å². The predicted molar refractivity (Wildman–Crippen MR) is 119 cm³/mol. The zero-order valence-corrected chi connectivity index (χ0v) is 18.8. The summed E-state index contributed by atoms with van der Waals surface area (Å²) in [5.41, 5.74) is 1.57. The van der Waals surface area contributed by atoms with Gasteiger partial charge in [-0.25, -0.2) is 14.4 Å². The van der Waals surface area contributed by atoms with Crippen molar-refractivity contribution in [3.05, 3.63) is 60.2 Å². The molecule has 0 saturated carbocycles. The first-order valence-electron chi connectivity index (χ1n) is 9.97. The van der Waals surface area contributed by atoms with Crippen LogP contribution in [0.3, 0.4) is 0 Å². The van der Waals surface area contributed by atoms with Crippen LogP contribution in [0.15, 0.2) is 43.5 Å². The zero-order chi connectivity index (χ0) is 23.1. The Hall–Kier alpha value is -3.70. The standard InChI is InChI=1S/C21H20ClFN8O2/c1-29-17-12(8-14(33-3)15(22)16(17)23)18(31-7-5-25-11-31)19(29)21-26-20(27-28-21)13(9-32-2)30-6-4-24-10-30/h4-8,10-11,13H,9H2,1-3H3,(H,26,27,28)/t13-/m1/s1. The lowest BCUT2D eigenvalue weighted by Gasteiger charge is -2.14. The van der Waals surface area contributed by atoms with E-state index in [0.29, 0.717) is 40.5 Å². The van der Waals surface area contributed by atoms with E-state index >= 15 is 4.39 Å². The monoisotopic (exact) mass is 470 g/mol. The zero-order valence-electron chi connectivity index (χ0n) is 18.0. The van der Waals surface area contributed by atoms with Crippen LogP contribution in [-0.4, -0.2) is 59.7 Å². The van der Waals surface area contributed by atoms with Crippen LogP contribution < -0.4 is 4.74 Å². The molecule has 33 heavy (non-hydrogen) atoms.